The number of nitrogens with zero attached hydrogens (tertiary/aromatic N) is 4. The molecule has 0 aromatic carbocycles. The Balaban J connectivity index is 1.77. The first-order chi connectivity index (χ1) is 10.2. The van der Waals surface area contributed by atoms with Crippen LogP contribution in [0.3, 0.4) is 0 Å². The second-order valence-electron chi connectivity index (χ2n) is 5.95. The molecule has 5 nitrogen and oxygen atoms in total. The van der Waals surface area contributed by atoms with E-state index < -0.39 is 0 Å². The number of fused-ring (bicyclic) bond motifs is 1. The summed E-state index contributed by atoms with van der Waals surface area (Å²) >= 11 is 0. The fourth-order valence-electron chi connectivity index (χ4n) is 3.18. The van der Waals surface area contributed by atoms with Gasteiger partial charge in [0.15, 0.2) is 0 Å². The average molecular weight is 288 g/mol. The molecule has 2 aromatic rings. The number of hydrogen-bond acceptors (Lipinski definition) is 4. The highest BCUT2D eigenvalue weighted by Gasteiger charge is 2.24. The molecule has 5 heteroatoms. The molecule has 3 heterocycles. The number of aliphatic hydroxyl groups is 1. The Morgan fingerprint density at radius 2 is 2.19 bits per heavy atom. The van der Waals surface area contributed by atoms with Gasteiger partial charge >= 0.3 is 0 Å². The van der Waals surface area contributed by atoms with E-state index in [0.29, 0.717) is 6.04 Å². The molecular formula is C16H24N4O. The number of aryl methyl sites for hydroxylation is 1. The highest BCUT2D eigenvalue weighted by atomic mass is 16.3. The summed E-state index contributed by atoms with van der Waals surface area (Å²) in [7, 11) is 2.15. The molecule has 1 unspecified atom stereocenters. The van der Waals surface area contributed by atoms with E-state index >= 15 is 0 Å². The first-order valence-corrected chi connectivity index (χ1v) is 7.65. The SMILES string of the molecule is Cc1nc2ccccn2c1CN1CCN(C)C(CCO)C1. The minimum atomic E-state index is 0.261. The van der Waals surface area contributed by atoms with Crippen molar-refractivity contribution in [2.75, 3.05) is 33.3 Å². The summed E-state index contributed by atoms with van der Waals surface area (Å²) in [6.45, 7) is 6.41. The minimum Gasteiger partial charge on any atom is -0.396 e. The van der Waals surface area contributed by atoms with E-state index in [9.17, 15) is 5.11 Å². The zero-order valence-corrected chi connectivity index (χ0v) is 12.9. The summed E-state index contributed by atoms with van der Waals surface area (Å²) in [4.78, 5) is 9.47. The van der Waals surface area contributed by atoms with Gasteiger partial charge in [0.1, 0.15) is 5.65 Å². The third-order valence-corrected chi connectivity index (χ3v) is 4.53. The van der Waals surface area contributed by atoms with Crippen LogP contribution >= 0.6 is 0 Å². The molecule has 1 N–H and O–H groups in total. The highest BCUT2D eigenvalue weighted by molar-refractivity contribution is 5.42. The van der Waals surface area contributed by atoms with Crippen LogP contribution in [0, 0.1) is 6.92 Å². The zero-order valence-electron chi connectivity index (χ0n) is 12.9. The molecule has 0 amide bonds. The predicted molar refractivity (Wildman–Crippen MR) is 83.3 cm³/mol. The fourth-order valence-corrected chi connectivity index (χ4v) is 3.18. The van der Waals surface area contributed by atoms with Crippen molar-refractivity contribution in [2.24, 2.45) is 0 Å². The van der Waals surface area contributed by atoms with Crippen LogP contribution in [0.1, 0.15) is 17.8 Å². The van der Waals surface area contributed by atoms with Gasteiger partial charge in [-0.25, -0.2) is 4.98 Å². The van der Waals surface area contributed by atoms with Gasteiger partial charge in [-0.2, -0.15) is 0 Å². The topological polar surface area (TPSA) is 44.0 Å². The van der Waals surface area contributed by atoms with Crippen molar-refractivity contribution in [3.05, 3.63) is 35.8 Å². The van der Waals surface area contributed by atoms with Gasteiger partial charge < -0.3 is 14.4 Å². The second kappa shape index (κ2) is 6.13. The maximum absolute atomic E-state index is 9.21. The van der Waals surface area contributed by atoms with Gasteiger partial charge in [0.2, 0.25) is 0 Å². The van der Waals surface area contributed by atoms with Crippen molar-refractivity contribution in [2.45, 2.75) is 25.9 Å². The van der Waals surface area contributed by atoms with Crippen molar-refractivity contribution in [3.63, 3.8) is 0 Å². The lowest BCUT2D eigenvalue weighted by molar-refractivity contribution is 0.0733. The molecule has 0 radical (unpaired) electrons. The van der Waals surface area contributed by atoms with Crippen LogP contribution in [-0.2, 0) is 6.54 Å². The maximum Gasteiger partial charge on any atom is 0.137 e. The van der Waals surface area contributed by atoms with Crippen molar-refractivity contribution < 1.29 is 5.11 Å². The van der Waals surface area contributed by atoms with Crippen LogP contribution in [0.15, 0.2) is 24.4 Å². The number of hydrogen-bond donors (Lipinski definition) is 1. The second-order valence-corrected chi connectivity index (χ2v) is 5.95. The summed E-state index contributed by atoms with van der Waals surface area (Å²) in [6, 6.07) is 6.58. The van der Waals surface area contributed by atoms with E-state index in [1.54, 1.807) is 0 Å². The lowest BCUT2D eigenvalue weighted by Gasteiger charge is -2.39. The number of rotatable bonds is 4. The van der Waals surface area contributed by atoms with Crippen molar-refractivity contribution in [1.29, 1.82) is 0 Å². The van der Waals surface area contributed by atoms with Gasteiger partial charge in [-0.15, -0.1) is 0 Å². The summed E-state index contributed by atoms with van der Waals surface area (Å²) in [5, 5.41) is 9.21. The Labute approximate surface area is 125 Å². The van der Waals surface area contributed by atoms with Crippen molar-refractivity contribution in [1.82, 2.24) is 19.2 Å². The molecular weight excluding hydrogens is 264 g/mol. The van der Waals surface area contributed by atoms with Crippen LogP contribution in [0.25, 0.3) is 5.65 Å². The lowest BCUT2D eigenvalue weighted by Crippen LogP contribution is -2.51. The summed E-state index contributed by atoms with van der Waals surface area (Å²) in [5.74, 6) is 0. The average Bonchev–Trinajstić information content (AvgIpc) is 2.79. The molecule has 0 aliphatic carbocycles. The quantitative estimate of drug-likeness (QED) is 0.916. The summed E-state index contributed by atoms with van der Waals surface area (Å²) in [6.07, 6.45) is 2.94. The fraction of sp³-hybridized carbons (Fsp3) is 0.562. The largest absolute Gasteiger partial charge is 0.396 e. The Morgan fingerprint density at radius 1 is 1.33 bits per heavy atom. The van der Waals surface area contributed by atoms with Crippen molar-refractivity contribution >= 4 is 5.65 Å². The number of piperazine rings is 1. The van der Waals surface area contributed by atoms with Crippen LogP contribution in [0.4, 0.5) is 0 Å². The molecule has 1 aliphatic heterocycles. The Morgan fingerprint density at radius 3 is 3.00 bits per heavy atom. The normalized spacial score (nSPS) is 21.2. The smallest absolute Gasteiger partial charge is 0.137 e. The van der Waals surface area contributed by atoms with Crippen LogP contribution in [0.5, 0.6) is 0 Å². The van der Waals surface area contributed by atoms with E-state index in [-0.39, 0.29) is 6.61 Å². The first-order valence-electron chi connectivity index (χ1n) is 7.65. The minimum absolute atomic E-state index is 0.261. The molecule has 0 bridgehead atoms. The summed E-state index contributed by atoms with van der Waals surface area (Å²) in [5.41, 5.74) is 3.41. The number of imidazole rings is 1. The Kier molecular flexibility index (Phi) is 4.24. The molecule has 1 atom stereocenters. The number of aliphatic hydroxyl groups excluding tert-OH is 1. The Hall–Kier alpha value is -1.43. The van der Waals surface area contributed by atoms with Gasteiger partial charge in [0, 0.05) is 45.0 Å². The molecule has 3 rings (SSSR count). The Bertz CT molecular complexity index is 609. The van der Waals surface area contributed by atoms with E-state index in [1.807, 2.05) is 6.07 Å². The monoisotopic (exact) mass is 288 g/mol. The number of aromatic nitrogens is 2. The number of likely N-dealkylation sites (N-methyl/N-ethyl adjacent to an activating group) is 1. The van der Waals surface area contributed by atoms with Crippen LogP contribution in [-0.4, -0.2) is 63.6 Å². The molecule has 1 saturated heterocycles. The van der Waals surface area contributed by atoms with E-state index in [2.05, 4.69) is 51.5 Å². The van der Waals surface area contributed by atoms with E-state index in [0.717, 1.165) is 43.9 Å². The molecule has 1 aliphatic rings. The molecule has 21 heavy (non-hydrogen) atoms. The zero-order chi connectivity index (χ0) is 14.8. The van der Waals surface area contributed by atoms with E-state index in [4.69, 9.17) is 0 Å². The van der Waals surface area contributed by atoms with Gasteiger partial charge in [0.25, 0.3) is 0 Å². The molecule has 0 saturated carbocycles. The molecule has 1 fully saturated rings. The van der Waals surface area contributed by atoms with Gasteiger partial charge in [-0.1, -0.05) is 6.07 Å². The third kappa shape index (κ3) is 2.95. The van der Waals surface area contributed by atoms with Crippen LogP contribution in [0.2, 0.25) is 0 Å². The third-order valence-electron chi connectivity index (χ3n) is 4.53. The standard InChI is InChI=1S/C16H24N4O/c1-13-15(20-7-4-3-5-16(20)17-13)12-19-9-8-18(2)14(11-19)6-10-21/h3-5,7,14,21H,6,8-12H2,1-2H3. The first kappa shape index (κ1) is 14.5. The van der Waals surface area contributed by atoms with Gasteiger partial charge in [0.05, 0.1) is 11.4 Å². The van der Waals surface area contributed by atoms with Crippen LogP contribution < -0.4 is 0 Å². The molecule has 2 aromatic heterocycles. The predicted octanol–water partition coefficient (Wildman–Crippen LogP) is 1.14. The van der Waals surface area contributed by atoms with E-state index in [1.165, 1.54) is 5.69 Å². The summed E-state index contributed by atoms with van der Waals surface area (Å²) < 4.78 is 2.19. The van der Waals surface area contributed by atoms with Gasteiger partial charge in [-0.05, 0) is 32.5 Å². The van der Waals surface area contributed by atoms with Crippen molar-refractivity contribution in [3.8, 4) is 0 Å². The molecule has 114 valence electrons. The molecule has 0 spiro atoms. The number of pyridine rings is 1. The maximum atomic E-state index is 9.21. The lowest BCUT2D eigenvalue weighted by atomic mass is 10.1. The van der Waals surface area contributed by atoms with Gasteiger partial charge in [-0.3, -0.25) is 4.90 Å². The highest BCUT2D eigenvalue weighted by Crippen LogP contribution is 2.17.